The Labute approximate surface area is 116 Å². The number of amides is 2. The summed E-state index contributed by atoms with van der Waals surface area (Å²) in [5.74, 6) is 0.203. The normalized spacial score (nSPS) is 9.89. The highest BCUT2D eigenvalue weighted by molar-refractivity contribution is 6.18. The maximum Gasteiger partial charge on any atom is 0.251 e. The summed E-state index contributed by atoms with van der Waals surface area (Å²) in [6.07, 6.45) is 0. The third-order valence-electron chi connectivity index (χ3n) is 2.15. The van der Waals surface area contributed by atoms with Crippen LogP contribution >= 0.6 is 23.2 Å². The summed E-state index contributed by atoms with van der Waals surface area (Å²) in [7, 11) is 0. The smallest absolute Gasteiger partial charge is 0.251 e. The Morgan fingerprint density at radius 2 is 1.39 bits per heavy atom. The van der Waals surface area contributed by atoms with Crippen molar-refractivity contribution in [1.29, 1.82) is 0 Å². The number of halogens is 2. The van der Waals surface area contributed by atoms with Crippen molar-refractivity contribution in [2.75, 3.05) is 24.8 Å². The molecule has 0 saturated heterocycles. The Balaban J connectivity index is 2.72. The maximum absolute atomic E-state index is 11.7. The SMILES string of the molecule is O=C(NCCCl)c1cccc(C(=O)NCCCl)c1. The molecule has 18 heavy (non-hydrogen) atoms. The molecule has 0 radical (unpaired) electrons. The Hall–Kier alpha value is -1.26. The van der Waals surface area contributed by atoms with E-state index in [0.717, 1.165) is 0 Å². The molecule has 0 aliphatic heterocycles. The molecule has 0 unspecified atom stereocenters. The topological polar surface area (TPSA) is 58.2 Å². The quantitative estimate of drug-likeness (QED) is 0.782. The van der Waals surface area contributed by atoms with Crippen LogP contribution in [0.5, 0.6) is 0 Å². The van der Waals surface area contributed by atoms with Gasteiger partial charge in [0.15, 0.2) is 0 Å². The number of hydrogen-bond donors (Lipinski definition) is 2. The molecule has 0 spiro atoms. The summed E-state index contributed by atoms with van der Waals surface area (Å²) >= 11 is 11.0. The maximum atomic E-state index is 11.7. The average molecular weight is 289 g/mol. The molecule has 98 valence electrons. The average Bonchev–Trinajstić information content (AvgIpc) is 2.42. The Morgan fingerprint density at radius 3 is 1.78 bits per heavy atom. The standard InChI is InChI=1S/C12H14Cl2N2O2/c13-4-6-15-11(17)9-2-1-3-10(8-9)12(18)16-7-5-14/h1-3,8H,4-7H2,(H,15,17)(H,16,18). The van der Waals surface area contributed by atoms with Gasteiger partial charge in [0.25, 0.3) is 11.8 Å². The number of carbonyl (C=O) groups excluding carboxylic acids is 2. The summed E-state index contributed by atoms with van der Waals surface area (Å²) in [5, 5.41) is 5.27. The lowest BCUT2D eigenvalue weighted by Crippen LogP contribution is -2.27. The van der Waals surface area contributed by atoms with Crippen molar-refractivity contribution >= 4 is 35.0 Å². The fourth-order valence-electron chi connectivity index (χ4n) is 1.33. The van der Waals surface area contributed by atoms with Gasteiger partial charge in [-0.25, -0.2) is 0 Å². The predicted molar refractivity (Wildman–Crippen MR) is 72.5 cm³/mol. The van der Waals surface area contributed by atoms with Gasteiger partial charge in [-0.05, 0) is 18.2 Å². The molecule has 1 rings (SSSR count). The van der Waals surface area contributed by atoms with Gasteiger partial charge >= 0.3 is 0 Å². The molecule has 1 aromatic carbocycles. The summed E-state index contributed by atoms with van der Waals surface area (Å²) < 4.78 is 0. The highest BCUT2D eigenvalue weighted by atomic mass is 35.5. The molecule has 0 aromatic heterocycles. The Kier molecular flexibility index (Phi) is 6.54. The number of carbonyl (C=O) groups is 2. The second-order valence-corrected chi connectivity index (χ2v) is 4.23. The number of benzene rings is 1. The molecule has 0 aliphatic carbocycles. The van der Waals surface area contributed by atoms with Crippen molar-refractivity contribution < 1.29 is 9.59 Å². The van der Waals surface area contributed by atoms with Crippen LogP contribution in [0.25, 0.3) is 0 Å². The van der Waals surface area contributed by atoms with Crippen molar-refractivity contribution in [2.45, 2.75) is 0 Å². The zero-order valence-electron chi connectivity index (χ0n) is 9.71. The molecule has 0 bridgehead atoms. The van der Waals surface area contributed by atoms with Gasteiger partial charge in [0.1, 0.15) is 0 Å². The van der Waals surface area contributed by atoms with Crippen LogP contribution in [0.15, 0.2) is 24.3 Å². The van der Waals surface area contributed by atoms with Gasteiger partial charge in [-0.2, -0.15) is 0 Å². The van der Waals surface area contributed by atoms with Crippen LogP contribution in [-0.4, -0.2) is 36.7 Å². The third kappa shape index (κ3) is 4.55. The van der Waals surface area contributed by atoms with E-state index in [1.165, 1.54) is 6.07 Å². The highest BCUT2D eigenvalue weighted by Crippen LogP contribution is 2.05. The first-order chi connectivity index (χ1) is 8.69. The van der Waals surface area contributed by atoms with E-state index in [9.17, 15) is 9.59 Å². The summed E-state index contributed by atoms with van der Waals surface area (Å²) in [4.78, 5) is 23.3. The zero-order valence-corrected chi connectivity index (χ0v) is 11.2. The van der Waals surface area contributed by atoms with Gasteiger partial charge in [-0.15, -0.1) is 23.2 Å². The first kappa shape index (κ1) is 14.8. The van der Waals surface area contributed by atoms with Crippen molar-refractivity contribution in [3.8, 4) is 0 Å². The minimum absolute atomic E-state index is 0.248. The van der Waals surface area contributed by atoms with Crippen LogP contribution in [0.2, 0.25) is 0 Å². The van der Waals surface area contributed by atoms with E-state index in [1.807, 2.05) is 0 Å². The number of nitrogens with one attached hydrogen (secondary N) is 2. The summed E-state index contributed by atoms with van der Waals surface area (Å²) in [6.45, 7) is 0.784. The van der Waals surface area contributed by atoms with Crippen LogP contribution < -0.4 is 10.6 Å². The van der Waals surface area contributed by atoms with E-state index in [4.69, 9.17) is 23.2 Å². The number of rotatable bonds is 6. The van der Waals surface area contributed by atoms with Crippen molar-refractivity contribution in [1.82, 2.24) is 10.6 Å². The number of alkyl halides is 2. The molecule has 0 heterocycles. The van der Waals surface area contributed by atoms with Crippen molar-refractivity contribution in [3.05, 3.63) is 35.4 Å². The minimum Gasteiger partial charge on any atom is -0.351 e. The zero-order chi connectivity index (χ0) is 13.4. The van der Waals surface area contributed by atoms with Gasteiger partial charge < -0.3 is 10.6 Å². The van der Waals surface area contributed by atoms with Crippen molar-refractivity contribution in [3.63, 3.8) is 0 Å². The van der Waals surface area contributed by atoms with Crippen LogP contribution in [0.3, 0.4) is 0 Å². The van der Waals surface area contributed by atoms with E-state index in [2.05, 4.69) is 10.6 Å². The van der Waals surface area contributed by atoms with Gasteiger partial charge in [-0.3, -0.25) is 9.59 Å². The molecule has 1 aromatic rings. The Morgan fingerprint density at radius 1 is 0.944 bits per heavy atom. The molecule has 0 saturated carbocycles. The third-order valence-corrected chi connectivity index (χ3v) is 2.53. The fourth-order valence-corrected chi connectivity index (χ4v) is 1.52. The molecule has 6 heteroatoms. The molecule has 2 amide bonds. The summed E-state index contributed by atoms with van der Waals surface area (Å²) in [6, 6.07) is 6.47. The highest BCUT2D eigenvalue weighted by Gasteiger charge is 2.09. The van der Waals surface area contributed by atoms with Gasteiger partial charge in [-0.1, -0.05) is 6.07 Å². The van der Waals surface area contributed by atoms with E-state index in [0.29, 0.717) is 36.0 Å². The fraction of sp³-hybridized carbons (Fsp3) is 0.333. The molecular weight excluding hydrogens is 275 g/mol. The second kappa shape index (κ2) is 7.95. The number of hydrogen-bond acceptors (Lipinski definition) is 2. The molecule has 4 nitrogen and oxygen atoms in total. The summed E-state index contributed by atoms with van der Waals surface area (Å²) in [5.41, 5.74) is 0.859. The minimum atomic E-state index is -0.248. The molecule has 0 aliphatic rings. The van der Waals surface area contributed by atoms with Gasteiger partial charge in [0, 0.05) is 36.0 Å². The van der Waals surface area contributed by atoms with Crippen LogP contribution in [-0.2, 0) is 0 Å². The monoisotopic (exact) mass is 288 g/mol. The lowest BCUT2D eigenvalue weighted by Gasteiger charge is -2.06. The van der Waals surface area contributed by atoms with Crippen LogP contribution in [0, 0.1) is 0 Å². The lowest BCUT2D eigenvalue weighted by molar-refractivity contribution is 0.0955. The van der Waals surface area contributed by atoms with Gasteiger partial charge in [0.2, 0.25) is 0 Å². The van der Waals surface area contributed by atoms with Crippen LogP contribution in [0.4, 0.5) is 0 Å². The second-order valence-electron chi connectivity index (χ2n) is 3.47. The van der Waals surface area contributed by atoms with E-state index in [-0.39, 0.29) is 11.8 Å². The van der Waals surface area contributed by atoms with E-state index >= 15 is 0 Å². The largest absolute Gasteiger partial charge is 0.351 e. The predicted octanol–water partition coefficient (Wildman–Crippen LogP) is 1.62. The Bertz CT molecular complexity index is 389. The van der Waals surface area contributed by atoms with E-state index in [1.54, 1.807) is 18.2 Å². The lowest BCUT2D eigenvalue weighted by atomic mass is 10.1. The van der Waals surface area contributed by atoms with Gasteiger partial charge in [0.05, 0.1) is 0 Å². The molecule has 0 fully saturated rings. The molecule has 2 N–H and O–H groups in total. The van der Waals surface area contributed by atoms with E-state index < -0.39 is 0 Å². The molecule has 0 atom stereocenters. The first-order valence-corrected chi connectivity index (χ1v) is 6.54. The van der Waals surface area contributed by atoms with Crippen molar-refractivity contribution in [2.24, 2.45) is 0 Å². The first-order valence-electron chi connectivity index (χ1n) is 5.47. The van der Waals surface area contributed by atoms with Crippen LogP contribution in [0.1, 0.15) is 20.7 Å². The molecular formula is C12H14Cl2N2O2.